The lowest BCUT2D eigenvalue weighted by Crippen LogP contribution is -2.05. The lowest BCUT2D eigenvalue weighted by Gasteiger charge is -1.95. The van der Waals surface area contributed by atoms with Gasteiger partial charge in [0.2, 0.25) is 0 Å². The minimum atomic E-state index is -0.646. The summed E-state index contributed by atoms with van der Waals surface area (Å²) in [6.45, 7) is 3.65. The third-order valence-corrected chi connectivity index (χ3v) is 1.23. The molecular formula is C5H7N5O2. The van der Waals surface area contributed by atoms with Crippen LogP contribution in [0.5, 0.6) is 0 Å². The third-order valence-electron chi connectivity index (χ3n) is 1.23. The van der Waals surface area contributed by atoms with Gasteiger partial charge in [0, 0.05) is 0 Å². The molecule has 0 aliphatic heterocycles. The molecule has 1 aromatic heterocycles. The quantitative estimate of drug-likeness (QED) is 0.388. The van der Waals surface area contributed by atoms with Gasteiger partial charge in [-0.2, -0.15) is 4.57 Å². The van der Waals surface area contributed by atoms with Crippen LogP contribution in [0.2, 0.25) is 0 Å². The molecule has 0 saturated carbocycles. The van der Waals surface area contributed by atoms with E-state index in [1.165, 1.54) is 6.08 Å². The molecule has 0 amide bonds. The molecule has 0 bridgehead atoms. The Morgan fingerprint density at radius 1 is 1.75 bits per heavy atom. The topological polar surface area (TPSA) is 99.9 Å². The van der Waals surface area contributed by atoms with Crippen molar-refractivity contribution >= 4 is 11.9 Å². The van der Waals surface area contributed by atoms with E-state index in [0.29, 0.717) is 0 Å². The predicted octanol–water partition coefficient (Wildman–Crippen LogP) is -0.0455. The van der Waals surface area contributed by atoms with E-state index in [0.717, 1.165) is 4.57 Å². The van der Waals surface area contributed by atoms with Gasteiger partial charge >= 0.3 is 5.95 Å². The van der Waals surface area contributed by atoms with E-state index in [1.807, 2.05) is 0 Å². The average molecular weight is 169 g/mol. The van der Waals surface area contributed by atoms with Gasteiger partial charge in [0.05, 0.1) is 11.6 Å². The highest BCUT2D eigenvalue weighted by molar-refractivity contribution is 5.24. The number of nitrogens with zero attached hydrogens (tertiary/aromatic N) is 4. The molecule has 0 saturated heterocycles. The van der Waals surface area contributed by atoms with Crippen LogP contribution in [-0.2, 0) is 6.54 Å². The summed E-state index contributed by atoms with van der Waals surface area (Å²) in [7, 11) is 0. The normalized spacial score (nSPS) is 9.67. The van der Waals surface area contributed by atoms with Crippen LogP contribution >= 0.6 is 0 Å². The molecule has 7 nitrogen and oxygen atoms in total. The first-order chi connectivity index (χ1) is 5.66. The molecule has 64 valence electrons. The van der Waals surface area contributed by atoms with E-state index >= 15 is 0 Å². The number of rotatable bonds is 3. The van der Waals surface area contributed by atoms with Crippen LogP contribution in [0.15, 0.2) is 12.7 Å². The van der Waals surface area contributed by atoms with Crippen LogP contribution in [0.25, 0.3) is 0 Å². The number of allylic oxidation sites excluding steroid dienone is 1. The van der Waals surface area contributed by atoms with Gasteiger partial charge in [0.15, 0.2) is 0 Å². The molecule has 1 rings (SSSR count). The fourth-order valence-electron chi connectivity index (χ4n) is 0.746. The van der Waals surface area contributed by atoms with Gasteiger partial charge in [0.25, 0.3) is 5.95 Å². The van der Waals surface area contributed by atoms with Crippen LogP contribution in [0, 0.1) is 10.1 Å². The van der Waals surface area contributed by atoms with Crippen molar-refractivity contribution in [3.05, 3.63) is 22.8 Å². The molecule has 0 spiro atoms. The maximum atomic E-state index is 10.3. The summed E-state index contributed by atoms with van der Waals surface area (Å²) in [6, 6.07) is 0. The number of hydrogen-bond acceptors (Lipinski definition) is 5. The van der Waals surface area contributed by atoms with Gasteiger partial charge in [-0.05, 0) is 10.0 Å². The smallest absolute Gasteiger partial charge is 0.390 e. The summed E-state index contributed by atoms with van der Waals surface area (Å²) >= 11 is 0. The van der Waals surface area contributed by atoms with E-state index in [1.54, 1.807) is 0 Å². The van der Waals surface area contributed by atoms with Gasteiger partial charge in [0.1, 0.15) is 0 Å². The molecule has 12 heavy (non-hydrogen) atoms. The van der Waals surface area contributed by atoms with Gasteiger partial charge < -0.3 is 15.8 Å². The SMILES string of the molecule is C=CCn1c(N)nnc1[N+](=O)[O-]. The van der Waals surface area contributed by atoms with Crippen LogP contribution in [-0.4, -0.2) is 19.7 Å². The minimum absolute atomic E-state index is 0.0154. The Morgan fingerprint density at radius 3 is 2.92 bits per heavy atom. The Morgan fingerprint density at radius 2 is 2.42 bits per heavy atom. The van der Waals surface area contributed by atoms with Crippen molar-refractivity contribution < 1.29 is 4.92 Å². The monoisotopic (exact) mass is 169 g/mol. The highest BCUT2D eigenvalue weighted by Crippen LogP contribution is 2.10. The lowest BCUT2D eigenvalue weighted by molar-refractivity contribution is -0.396. The van der Waals surface area contributed by atoms with Gasteiger partial charge in [-0.1, -0.05) is 12.7 Å². The fraction of sp³-hybridized carbons (Fsp3) is 0.200. The van der Waals surface area contributed by atoms with E-state index < -0.39 is 4.92 Å². The Kier molecular flexibility index (Phi) is 2.04. The molecule has 0 fully saturated rings. The van der Waals surface area contributed by atoms with Gasteiger partial charge in [-0.25, -0.2) is 0 Å². The van der Waals surface area contributed by atoms with Crippen LogP contribution in [0.3, 0.4) is 0 Å². The van der Waals surface area contributed by atoms with Crippen molar-refractivity contribution in [1.29, 1.82) is 0 Å². The molecule has 0 unspecified atom stereocenters. The number of nitrogen functional groups attached to an aromatic ring is 1. The molecule has 1 aromatic rings. The maximum Gasteiger partial charge on any atom is 0.460 e. The Bertz CT molecular complexity index is 318. The molecule has 0 aromatic carbocycles. The zero-order valence-corrected chi connectivity index (χ0v) is 6.17. The Balaban J connectivity index is 3.11. The first-order valence-corrected chi connectivity index (χ1v) is 3.10. The van der Waals surface area contributed by atoms with E-state index in [4.69, 9.17) is 5.73 Å². The summed E-state index contributed by atoms with van der Waals surface area (Å²) in [5.41, 5.74) is 5.30. The van der Waals surface area contributed by atoms with Crippen molar-refractivity contribution in [2.24, 2.45) is 0 Å². The summed E-state index contributed by atoms with van der Waals surface area (Å²) < 4.78 is 1.16. The molecular weight excluding hydrogens is 162 g/mol. The summed E-state index contributed by atoms with van der Waals surface area (Å²) in [6.07, 6.45) is 1.48. The molecule has 1 heterocycles. The first kappa shape index (κ1) is 8.18. The second-order valence-electron chi connectivity index (χ2n) is 2.01. The highest BCUT2D eigenvalue weighted by atomic mass is 16.6. The number of anilines is 1. The van der Waals surface area contributed by atoms with Crippen LogP contribution in [0.1, 0.15) is 0 Å². The summed E-state index contributed by atoms with van der Waals surface area (Å²) in [5.74, 6) is -0.353. The van der Waals surface area contributed by atoms with Crippen molar-refractivity contribution in [3.63, 3.8) is 0 Å². The predicted molar refractivity (Wildman–Crippen MR) is 41.3 cm³/mol. The van der Waals surface area contributed by atoms with Crippen LogP contribution < -0.4 is 5.73 Å². The number of nitro groups is 1. The molecule has 0 aliphatic carbocycles. The van der Waals surface area contributed by atoms with E-state index in [-0.39, 0.29) is 18.4 Å². The zero-order valence-electron chi connectivity index (χ0n) is 6.17. The minimum Gasteiger partial charge on any atom is -0.390 e. The number of nitrogens with two attached hydrogens (primary N) is 1. The van der Waals surface area contributed by atoms with Gasteiger partial charge in [-0.15, -0.1) is 0 Å². The number of hydrogen-bond donors (Lipinski definition) is 1. The lowest BCUT2D eigenvalue weighted by atomic mass is 10.6. The summed E-state index contributed by atoms with van der Waals surface area (Å²) in [4.78, 5) is 9.66. The van der Waals surface area contributed by atoms with E-state index in [9.17, 15) is 10.1 Å². The molecule has 0 aliphatic rings. The third kappa shape index (κ3) is 1.24. The van der Waals surface area contributed by atoms with Crippen molar-refractivity contribution in [2.45, 2.75) is 6.54 Å². The standard InChI is InChI=1S/C5H7N5O2/c1-2-3-9-4(6)7-8-5(9)10(11)12/h2H,1,3H2,(H2,6,7). The molecule has 2 N–H and O–H groups in total. The maximum absolute atomic E-state index is 10.3. The molecule has 7 heteroatoms. The highest BCUT2D eigenvalue weighted by Gasteiger charge is 2.19. The Hall–Kier alpha value is -1.92. The van der Waals surface area contributed by atoms with Gasteiger partial charge in [-0.3, -0.25) is 0 Å². The fourth-order valence-corrected chi connectivity index (χ4v) is 0.746. The molecule has 0 atom stereocenters. The Labute approximate surface area is 67.7 Å². The second-order valence-corrected chi connectivity index (χ2v) is 2.01. The van der Waals surface area contributed by atoms with E-state index in [2.05, 4.69) is 16.8 Å². The van der Waals surface area contributed by atoms with Crippen LogP contribution in [0.4, 0.5) is 11.9 Å². The van der Waals surface area contributed by atoms with Crippen molar-refractivity contribution in [3.8, 4) is 0 Å². The largest absolute Gasteiger partial charge is 0.460 e. The van der Waals surface area contributed by atoms with Crippen molar-refractivity contribution in [1.82, 2.24) is 14.8 Å². The first-order valence-electron chi connectivity index (χ1n) is 3.10. The van der Waals surface area contributed by atoms with Crippen molar-refractivity contribution in [2.75, 3.05) is 5.73 Å². The number of aromatic nitrogens is 3. The zero-order chi connectivity index (χ0) is 9.14. The average Bonchev–Trinajstić information content (AvgIpc) is 2.34. The molecule has 0 radical (unpaired) electrons. The summed E-state index contributed by atoms with van der Waals surface area (Å²) in [5, 5.41) is 16.9. The second kappa shape index (κ2) is 2.99.